The zero-order chi connectivity index (χ0) is 22.5. The van der Waals surface area contributed by atoms with E-state index in [2.05, 4.69) is 15.3 Å². The van der Waals surface area contributed by atoms with Gasteiger partial charge in [-0.05, 0) is 48.7 Å². The molecule has 0 aliphatic rings. The van der Waals surface area contributed by atoms with Gasteiger partial charge in [-0.1, -0.05) is 29.8 Å². The Morgan fingerprint density at radius 1 is 0.906 bits per heavy atom. The molecule has 1 aromatic carbocycles. The summed E-state index contributed by atoms with van der Waals surface area (Å²) in [7, 11) is 0. The number of aromatic nitrogens is 4. The predicted molar refractivity (Wildman–Crippen MR) is 121 cm³/mol. The van der Waals surface area contributed by atoms with Gasteiger partial charge in [-0.2, -0.15) is 0 Å². The maximum absolute atomic E-state index is 12.9. The van der Waals surface area contributed by atoms with Crippen molar-refractivity contribution >= 4 is 17.1 Å². The van der Waals surface area contributed by atoms with E-state index in [0.29, 0.717) is 24.1 Å². The van der Waals surface area contributed by atoms with Crippen LogP contribution >= 0.6 is 0 Å². The van der Waals surface area contributed by atoms with Crippen LogP contribution in [0.4, 0.5) is 0 Å². The summed E-state index contributed by atoms with van der Waals surface area (Å²) < 4.78 is 2.52. The first-order valence-corrected chi connectivity index (χ1v) is 10.3. The number of nitrogens with one attached hydrogen (secondary N) is 1. The first kappa shape index (κ1) is 21.2. The normalized spacial score (nSPS) is 10.9. The van der Waals surface area contributed by atoms with Gasteiger partial charge in [0.25, 0.3) is 0 Å². The van der Waals surface area contributed by atoms with E-state index >= 15 is 0 Å². The molecule has 0 unspecified atom stereocenters. The Kier molecular flexibility index (Phi) is 6.21. The van der Waals surface area contributed by atoms with E-state index in [9.17, 15) is 14.4 Å². The number of hydrogen-bond donors (Lipinski definition) is 1. The summed E-state index contributed by atoms with van der Waals surface area (Å²) in [5.74, 6) is -0.337. The second-order valence-corrected chi connectivity index (χ2v) is 7.57. The Bertz CT molecular complexity index is 1360. The molecule has 162 valence electrons. The molecule has 0 saturated heterocycles. The van der Waals surface area contributed by atoms with Crippen LogP contribution < -0.4 is 16.4 Å². The van der Waals surface area contributed by atoms with Crippen LogP contribution in [0.5, 0.6) is 0 Å². The van der Waals surface area contributed by atoms with Crippen molar-refractivity contribution in [2.75, 3.05) is 6.54 Å². The van der Waals surface area contributed by atoms with Crippen LogP contribution in [0.3, 0.4) is 0 Å². The summed E-state index contributed by atoms with van der Waals surface area (Å²) in [6.45, 7) is 2.40. The topological polar surface area (TPSA) is 98.9 Å². The fraction of sp³-hybridized carbons (Fsp3) is 0.208. The standard InChI is InChI=1S/C24H23N5O3/c1-17-4-6-18(7-5-17)10-14-26-21(30)16-28-20-3-2-11-27-22(20)29(24(32)23(28)31)15-19-8-12-25-13-9-19/h2-9,11-13H,10,14-16H2,1H3,(H,26,30). The molecule has 0 aliphatic heterocycles. The van der Waals surface area contributed by atoms with E-state index < -0.39 is 11.1 Å². The van der Waals surface area contributed by atoms with Gasteiger partial charge in [0, 0.05) is 25.1 Å². The summed E-state index contributed by atoms with van der Waals surface area (Å²) in [4.78, 5) is 46.5. The third-order valence-electron chi connectivity index (χ3n) is 5.23. The molecule has 1 amide bonds. The number of hydrogen-bond acceptors (Lipinski definition) is 5. The monoisotopic (exact) mass is 429 g/mol. The number of carbonyl (C=O) groups is 1. The molecule has 3 heterocycles. The molecule has 0 atom stereocenters. The lowest BCUT2D eigenvalue weighted by Crippen LogP contribution is -2.44. The highest BCUT2D eigenvalue weighted by atomic mass is 16.2. The van der Waals surface area contributed by atoms with Gasteiger partial charge in [0.1, 0.15) is 6.54 Å². The highest BCUT2D eigenvalue weighted by Gasteiger charge is 2.16. The molecule has 0 radical (unpaired) electrons. The van der Waals surface area contributed by atoms with Gasteiger partial charge in [0.2, 0.25) is 5.91 Å². The average molecular weight is 429 g/mol. The molecule has 0 aliphatic carbocycles. The third-order valence-corrected chi connectivity index (χ3v) is 5.23. The van der Waals surface area contributed by atoms with Gasteiger partial charge in [0.15, 0.2) is 5.65 Å². The van der Waals surface area contributed by atoms with Gasteiger partial charge in [-0.15, -0.1) is 0 Å². The number of aryl methyl sites for hydroxylation is 1. The van der Waals surface area contributed by atoms with E-state index in [4.69, 9.17) is 0 Å². The van der Waals surface area contributed by atoms with E-state index in [-0.39, 0.29) is 19.0 Å². The van der Waals surface area contributed by atoms with Gasteiger partial charge < -0.3 is 5.32 Å². The maximum Gasteiger partial charge on any atom is 0.318 e. The first-order chi connectivity index (χ1) is 15.5. The van der Waals surface area contributed by atoms with E-state index in [0.717, 1.165) is 11.1 Å². The van der Waals surface area contributed by atoms with Crippen molar-refractivity contribution in [2.45, 2.75) is 26.4 Å². The Balaban J connectivity index is 1.56. The van der Waals surface area contributed by atoms with Crippen molar-refractivity contribution in [2.24, 2.45) is 0 Å². The van der Waals surface area contributed by atoms with Crippen LogP contribution in [-0.4, -0.2) is 31.6 Å². The molecule has 0 spiro atoms. The van der Waals surface area contributed by atoms with Gasteiger partial charge in [0.05, 0.1) is 12.1 Å². The highest BCUT2D eigenvalue weighted by molar-refractivity contribution is 5.78. The number of nitrogens with zero attached hydrogens (tertiary/aromatic N) is 4. The van der Waals surface area contributed by atoms with Crippen molar-refractivity contribution in [3.8, 4) is 0 Å². The Labute approximate surface area is 184 Å². The molecule has 0 fully saturated rings. The summed E-state index contributed by atoms with van der Waals surface area (Å²) in [5, 5.41) is 2.83. The van der Waals surface area contributed by atoms with E-state index in [1.54, 1.807) is 42.9 Å². The second kappa shape index (κ2) is 9.38. The average Bonchev–Trinajstić information content (AvgIpc) is 2.81. The number of rotatable bonds is 7. The number of fused-ring (bicyclic) bond motifs is 1. The third kappa shape index (κ3) is 4.64. The summed E-state index contributed by atoms with van der Waals surface area (Å²) in [6.07, 6.45) is 5.48. The molecule has 32 heavy (non-hydrogen) atoms. The van der Waals surface area contributed by atoms with Crippen molar-refractivity contribution in [1.82, 2.24) is 24.4 Å². The maximum atomic E-state index is 12.9. The summed E-state index contributed by atoms with van der Waals surface area (Å²) in [6, 6.07) is 15.0. The van der Waals surface area contributed by atoms with Crippen molar-refractivity contribution in [3.63, 3.8) is 0 Å². The molecule has 8 heteroatoms. The van der Waals surface area contributed by atoms with E-state index in [1.807, 2.05) is 31.2 Å². The van der Waals surface area contributed by atoms with Crippen LogP contribution in [0.15, 0.2) is 76.7 Å². The first-order valence-electron chi connectivity index (χ1n) is 10.3. The Hall–Kier alpha value is -4.07. The molecule has 4 rings (SSSR count). The number of carbonyl (C=O) groups excluding carboxylic acids is 1. The van der Waals surface area contributed by atoms with Crippen molar-refractivity contribution in [1.29, 1.82) is 0 Å². The molecular formula is C24H23N5O3. The zero-order valence-corrected chi connectivity index (χ0v) is 17.7. The van der Waals surface area contributed by atoms with E-state index in [1.165, 1.54) is 14.7 Å². The predicted octanol–water partition coefficient (Wildman–Crippen LogP) is 1.67. The minimum atomic E-state index is -0.756. The molecule has 0 bridgehead atoms. The quantitative estimate of drug-likeness (QED) is 0.451. The summed E-state index contributed by atoms with van der Waals surface area (Å²) in [5.41, 5.74) is 2.41. The van der Waals surface area contributed by atoms with Crippen LogP contribution in [0.25, 0.3) is 11.2 Å². The SMILES string of the molecule is Cc1ccc(CCNC(=O)Cn2c(=O)c(=O)n(Cc3ccncc3)c3ncccc32)cc1. The molecule has 4 aromatic rings. The van der Waals surface area contributed by atoms with Gasteiger partial charge in [-0.25, -0.2) is 4.98 Å². The fourth-order valence-electron chi connectivity index (χ4n) is 3.52. The Morgan fingerprint density at radius 2 is 1.62 bits per heavy atom. The van der Waals surface area contributed by atoms with Crippen molar-refractivity contribution < 1.29 is 4.79 Å². The molecule has 3 aromatic heterocycles. The van der Waals surface area contributed by atoms with Crippen LogP contribution in [0.1, 0.15) is 16.7 Å². The molecule has 0 saturated carbocycles. The smallest absolute Gasteiger partial charge is 0.318 e. The molecular weight excluding hydrogens is 406 g/mol. The van der Waals surface area contributed by atoms with Crippen LogP contribution in [0.2, 0.25) is 0 Å². The zero-order valence-electron chi connectivity index (χ0n) is 17.7. The number of benzene rings is 1. The van der Waals surface area contributed by atoms with Gasteiger partial charge >= 0.3 is 11.1 Å². The molecule has 1 N–H and O–H groups in total. The fourth-order valence-corrected chi connectivity index (χ4v) is 3.52. The minimum absolute atomic E-state index is 0.188. The largest absolute Gasteiger partial charge is 0.354 e. The highest BCUT2D eigenvalue weighted by Crippen LogP contribution is 2.10. The number of pyridine rings is 2. The summed E-state index contributed by atoms with van der Waals surface area (Å²) >= 11 is 0. The van der Waals surface area contributed by atoms with Gasteiger partial charge in [-0.3, -0.25) is 28.5 Å². The second-order valence-electron chi connectivity index (χ2n) is 7.57. The number of amides is 1. The lowest BCUT2D eigenvalue weighted by Gasteiger charge is -2.14. The Morgan fingerprint density at radius 3 is 2.38 bits per heavy atom. The minimum Gasteiger partial charge on any atom is -0.354 e. The van der Waals surface area contributed by atoms with Crippen LogP contribution in [0, 0.1) is 6.92 Å². The molecule has 8 nitrogen and oxygen atoms in total. The van der Waals surface area contributed by atoms with Crippen molar-refractivity contribution in [3.05, 3.63) is 105 Å². The van der Waals surface area contributed by atoms with Crippen LogP contribution in [-0.2, 0) is 24.3 Å². The lowest BCUT2D eigenvalue weighted by molar-refractivity contribution is -0.121. The lowest BCUT2D eigenvalue weighted by atomic mass is 10.1.